The number of nitrogen functional groups attached to an aromatic ring is 1. The van der Waals surface area contributed by atoms with Gasteiger partial charge < -0.3 is 10.5 Å². The summed E-state index contributed by atoms with van der Waals surface area (Å²) in [5.41, 5.74) is 8.21. The van der Waals surface area contributed by atoms with Gasteiger partial charge in [0, 0.05) is 12.0 Å². The first-order chi connectivity index (χ1) is 6.20. The topological polar surface area (TPSA) is 48.1 Å². The Bertz CT molecular complexity index is 356. The van der Waals surface area contributed by atoms with Crippen LogP contribution in [0.5, 0.6) is 0 Å². The van der Waals surface area contributed by atoms with Crippen LogP contribution < -0.4 is 5.73 Å². The Morgan fingerprint density at radius 2 is 2.31 bits per heavy atom. The lowest BCUT2D eigenvalue weighted by atomic mass is 10.1. The van der Waals surface area contributed by atoms with Crippen LogP contribution in [0, 0.1) is 0 Å². The first-order valence-corrected chi connectivity index (χ1v) is 5.07. The maximum atomic E-state index is 5.84. The Labute approximate surface area is 89.4 Å². The van der Waals surface area contributed by atoms with Gasteiger partial charge in [-0.15, -0.1) is 0 Å². The zero-order chi connectivity index (χ0) is 9.42. The first-order valence-electron chi connectivity index (χ1n) is 3.90. The number of fused-ring (bicyclic) bond motifs is 1. The maximum Gasteiger partial charge on any atom is 0.153 e. The van der Waals surface area contributed by atoms with Crippen molar-refractivity contribution in [2.75, 3.05) is 12.3 Å². The fourth-order valence-electron chi connectivity index (χ4n) is 1.32. The van der Waals surface area contributed by atoms with E-state index in [2.05, 4.69) is 20.9 Å². The summed E-state index contributed by atoms with van der Waals surface area (Å²) in [7, 11) is 0. The summed E-state index contributed by atoms with van der Waals surface area (Å²) < 4.78 is 6.12. The molecule has 0 spiro atoms. The van der Waals surface area contributed by atoms with Gasteiger partial charge in [0.2, 0.25) is 0 Å². The van der Waals surface area contributed by atoms with Crippen LogP contribution in [0.2, 0.25) is 5.15 Å². The van der Waals surface area contributed by atoms with Crippen LogP contribution in [-0.2, 0) is 17.8 Å². The minimum Gasteiger partial charge on any atom is -0.395 e. The van der Waals surface area contributed by atoms with Crippen LogP contribution >= 0.6 is 27.5 Å². The quantitative estimate of drug-likeness (QED) is 0.730. The Hall–Kier alpha value is -0.320. The lowest BCUT2D eigenvalue weighted by molar-refractivity contribution is 0.109. The van der Waals surface area contributed by atoms with Crippen molar-refractivity contribution >= 4 is 33.2 Å². The number of ether oxygens (including phenoxy) is 1. The minimum absolute atomic E-state index is 0.368. The number of hydrogen-bond acceptors (Lipinski definition) is 3. The van der Waals surface area contributed by atoms with Crippen molar-refractivity contribution in [1.29, 1.82) is 0 Å². The van der Waals surface area contributed by atoms with Crippen LogP contribution in [0.25, 0.3) is 0 Å². The fourth-order valence-corrected chi connectivity index (χ4v) is 2.16. The van der Waals surface area contributed by atoms with Crippen LogP contribution in [0.4, 0.5) is 5.69 Å². The molecule has 1 aromatic rings. The molecule has 1 aromatic heterocycles. The van der Waals surface area contributed by atoms with E-state index >= 15 is 0 Å². The molecule has 2 heterocycles. The highest BCUT2D eigenvalue weighted by Gasteiger charge is 2.18. The molecule has 0 saturated heterocycles. The van der Waals surface area contributed by atoms with Gasteiger partial charge in [0.15, 0.2) is 5.15 Å². The van der Waals surface area contributed by atoms with Gasteiger partial charge >= 0.3 is 0 Å². The molecule has 13 heavy (non-hydrogen) atoms. The predicted molar refractivity (Wildman–Crippen MR) is 54.7 cm³/mol. The number of nitrogens with zero attached hydrogens (tertiary/aromatic N) is 1. The van der Waals surface area contributed by atoms with E-state index in [1.807, 2.05) is 0 Å². The largest absolute Gasteiger partial charge is 0.395 e. The molecule has 0 bridgehead atoms. The Morgan fingerprint density at radius 3 is 3.08 bits per heavy atom. The number of hydrogen-bond donors (Lipinski definition) is 1. The molecule has 0 amide bonds. The molecule has 70 valence electrons. The Balaban J connectivity index is 2.60. The highest BCUT2D eigenvalue weighted by Crippen LogP contribution is 2.33. The lowest BCUT2D eigenvalue weighted by Crippen LogP contribution is -2.13. The number of anilines is 1. The normalized spacial score (nSPS) is 15.5. The molecule has 3 nitrogen and oxygen atoms in total. The molecule has 0 aromatic carbocycles. The number of rotatable bonds is 0. The molecule has 0 saturated carbocycles. The van der Waals surface area contributed by atoms with Crippen molar-refractivity contribution in [2.24, 2.45) is 0 Å². The molecule has 0 unspecified atom stereocenters. The summed E-state index contributed by atoms with van der Waals surface area (Å²) in [4.78, 5) is 4.20. The van der Waals surface area contributed by atoms with E-state index in [9.17, 15) is 0 Å². The molecule has 2 rings (SSSR count). The second kappa shape index (κ2) is 3.44. The monoisotopic (exact) mass is 262 g/mol. The van der Waals surface area contributed by atoms with Gasteiger partial charge in [0.25, 0.3) is 0 Å². The standard InChI is InChI=1S/C8H8BrClN2O/c9-6-4-3-13-2-1-5(4)12-8(10)7(6)11/h1-3,11H2. The SMILES string of the molecule is Nc1c(Cl)nc2c(c1Br)COCC2. The first kappa shape index (κ1) is 9.24. The van der Waals surface area contributed by atoms with E-state index < -0.39 is 0 Å². The smallest absolute Gasteiger partial charge is 0.153 e. The summed E-state index contributed by atoms with van der Waals surface area (Å²) >= 11 is 9.23. The van der Waals surface area contributed by atoms with Crippen molar-refractivity contribution < 1.29 is 4.74 Å². The zero-order valence-corrected chi connectivity index (χ0v) is 9.15. The lowest BCUT2D eigenvalue weighted by Gasteiger charge is -2.18. The Morgan fingerprint density at radius 1 is 1.54 bits per heavy atom. The van der Waals surface area contributed by atoms with Crippen LogP contribution in [0.15, 0.2) is 4.47 Å². The van der Waals surface area contributed by atoms with Crippen molar-refractivity contribution in [2.45, 2.75) is 13.0 Å². The highest BCUT2D eigenvalue weighted by atomic mass is 79.9. The van der Waals surface area contributed by atoms with Crippen LogP contribution in [0.3, 0.4) is 0 Å². The molecular weight excluding hydrogens is 255 g/mol. The van der Waals surface area contributed by atoms with Gasteiger partial charge in [0.05, 0.1) is 29.1 Å². The molecule has 0 radical (unpaired) electrons. The van der Waals surface area contributed by atoms with E-state index in [1.165, 1.54) is 0 Å². The number of pyridine rings is 1. The second-order valence-corrected chi connectivity index (χ2v) is 4.01. The molecule has 0 atom stereocenters. The van der Waals surface area contributed by atoms with E-state index in [1.54, 1.807) is 0 Å². The van der Waals surface area contributed by atoms with Crippen LogP contribution in [0.1, 0.15) is 11.3 Å². The van der Waals surface area contributed by atoms with Crippen molar-refractivity contribution in [3.63, 3.8) is 0 Å². The number of nitrogens with two attached hydrogens (primary N) is 1. The summed E-state index contributed by atoms with van der Waals surface area (Å²) in [6.45, 7) is 1.26. The van der Waals surface area contributed by atoms with E-state index in [-0.39, 0.29) is 0 Å². The third-order valence-electron chi connectivity index (χ3n) is 2.03. The average Bonchev–Trinajstić information content (AvgIpc) is 2.15. The van der Waals surface area contributed by atoms with Crippen molar-refractivity contribution in [3.8, 4) is 0 Å². The van der Waals surface area contributed by atoms with Gasteiger partial charge in [-0.1, -0.05) is 11.6 Å². The molecular formula is C8H8BrClN2O. The third kappa shape index (κ3) is 1.54. The molecule has 1 aliphatic heterocycles. The minimum atomic E-state index is 0.368. The third-order valence-corrected chi connectivity index (χ3v) is 3.23. The fraction of sp³-hybridized carbons (Fsp3) is 0.375. The van der Waals surface area contributed by atoms with E-state index in [4.69, 9.17) is 22.1 Å². The van der Waals surface area contributed by atoms with Crippen molar-refractivity contribution in [1.82, 2.24) is 4.98 Å². The van der Waals surface area contributed by atoms with Gasteiger partial charge in [-0.3, -0.25) is 0 Å². The molecule has 0 aliphatic carbocycles. The Kier molecular flexibility index (Phi) is 2.45. The van der Waals surface area contributed by atoms with E-state index in [0.717, 1.165) is 22.2 Å². The molecule has 1 aliphatic rings. The summed E-state index contributed by atoms with van der Waals surface area (Å²) in [6.07, 6.45) is 0.800. The van der Waals surface area contributed by atoms with Gasteiger partial charge in [-0.05, 0) is 15.9 Å². The van der Waals surface area contributed by atoms with Crippen molar-refractivity contribution in [3.05, 3.63) is 20.9 Å². The number of halogens is 2. The van der Waals surface area contributed by atoms with Crippen LogP contribution in [-0.4, -0.2) is 11.6 Å². The highest BCUT2D eigenvalue weighted by molar-refractivity contribution is 9.10. The molecule has 2 N–H and O–H groups in total. The van der Waals surface area contributed by atoms with E-state index in [0.29, 0.717) is 24.1 Å². The summed E-state index contributed by atoms with van der Waals surface area (Å²) in [5.74, 6) is 0. The average molecular weight is 264 g/mol. The molecule has 5 heteroatoms. The van der Waals surface area contributed by atoms with Gasteiger partial charge in [-0.25, -0.2) is 4.98 Å². The maximum absolute atomic E-state index is 5.84. The second-order valence-electron chi connectivity index (χ2n) is 2.86. The summed E-state index contributed by atoms with van der Waals surface area (Å²) in [6, 6.07) is 0. The number of aromatic nitrogens is 1. The van der Waals surface area contributed by atoms with Gasteiger partial charge in [-0.2, -0.15) is 0 Å². The summed E-state index contributed by atoms with van der Waals surface area (Å²) in [5, 5.41) is 0.368. The van der Waals surface area contributed by atoms with Gasteiger partial charge in [0.1, 0.15) is 0 Å². The zero-order valence-electron chi connectivity index (χ0n) is 6.81. The predicted octanol–water partition coefficient (Wildman–Crippen LogP) is 2.15. The molecule has 0 fully saturated rings.